The van der Waals surface area contributed by atoms with E-state index in [1.54, 1.807) is 33.8 Å². The van der Waals surface area contributed by atoms with Crippen molar-refractivity contribution in [2.45, 2.75) is 77.5 Å². The fourth-order valence-electron chi connectivity index (χ4n) is 4.69. The number of carboxylic acid groups (broad SMARTS) is 1. The summed E-state index contributed by atoms with van der Waals surface area (Å²) in [4.78, 5) is 87.8. The Morgan fingerprint density at radius 2 is 1.40 bits per heavy atom. The van der Waals surface area contributed by atoms with E-state index in [9.17, 15) is 33.6 Å². The van der Waals surface area contributed by atoms with Crippen molar-refractivity contribution in [3.8, 4) is 0 Å². The first-order valence-corrected chi connectivity index (χ1v) is 14.6. The number of amides is 6. The van der Waals surface area contributed by atoms with Gasteiger partial charge in [-0.15, -0.1) is 0 Å². The molecule has 0 aliphatic rings. The normalized spacial score (nSPS) is 14.3. The van der Waals surface area contributed by atoms with E-state index in [2.05, 4.69) is 21.3 Å². The Labute approximate surface area is 261 Å². The maximum absolute atomic E-state index is 13.3. The number of primary amides is 2. The smallest absolute Gasteiger partial charge is 0.405 e. The Hall–Kier alpha value is -5.01. The second-order valence-electron chi connectivity index (χ2n) is 11.4. The third kappa shape index (κ3) is 11.2. The quantitative estimate of drug-likeness (QED) is 0.122. The molecule has 0 aliphatic carbocycles. The maximum atomic E-state index is 13.3. The molecule has 14 nitrogen and oxygen atoms in total. The van der Waals surface area contributed by atoms with E-state index in [0.717, 1.165) is 10.8 Å². The first kappa shape index (κ1) is 36.2. The molecule has 0 radical (unpaired) electrons. The molecule has 0 fully saturated rings. The summed E-state index contributed by atoms with van der Waals surface area (Å²) in [5.74, 6) is -6.69. The molecule has 244 valence electrons. The van der Waals surface area contributed by atoms with Crippen molar-refractivity contribution in [2.75, 3.05) is 0 Å². The fraction of sp³-hybridized carbons (Fsp3) is 0.452. The highest BCUT2D eigenvalue weighted by Crippen LogP contribution is 2.17. The molecule has 2 aromatic carbocycles. The number of rotatable bonds is 17. The molecular weight excluding hydrogens is 584 g/mol. The van der Waals surface area contributed by atoms with E-state index >= 15 is 0 Å². The van der Waals surface area contributed by atoms with Crippen LogP contribution < -0.4 is 32.7 Å². The van der Waals surface area contributed by atoms with Gasteiger partial charge in [-0.2, -0.15) is 0 Å². The SMILES string of the molecule is CC[C@H](C)C(NC(=O)[C@H](CC(C)C)NC(=O)O)C(=O)C(=O)NC(CC(N)=O)C(=O)NC(Cc1ccc2ccccc2c1)C(N)=O. The Kier molecular flexibility index (Phi) is 13.5. The largest absolute Gasteiger partial charge is 0.465 e. The molecule has 0 heterocycles. The molecule has 0 saturated heterocycles. The fourth-order valence-corrected chi connectivity index (χ4v) is 4.69. The minimum absolute atomic E-state index is 0.00607. The maximum Gasteiger partial charge on any atom is 0.405 e. The summed E-state index contributed by atoms with van der Waals surface area (Å²) in [6, 6.07) is 7.55. The van der Waals surface area contributed by atoms with Crippen LogP contribution in [-0.2, 0) is 35.2 Å². The summed E-state index contributed by atoms with van der Waals surface area (Å²) in [7, 11) is 0. The molecule has 3 unspecified atom stereocenters. The summed E-state index contributed by atoms with van der Waals surface area (Å²) in [6.07, 6.45) is -1.65. The summed E-state index contributed by atoms with van der Waals surface area (Å²) in [6.45, 7) is 6.89. The van der Waals surface area contributed by atoms with E-state index in [1.807, 2.05) is 36.4 Å². The van der Waals surface area contributed by atoms with Gasteiger partial charge >= 0.3 is 6.09 Å². The molecule has 14 heteroatoms. The molecule has 5 atom stereocenters. The number of ketones is 1. The molecule has 45 heavy (non-hydrogen) atoms. The number of carbonyl (C=O) groups is 7. The summed E-state index contributed by atoms with van der Waals surface area (Å²) in [5, 5.41) is 20.2. The van der Waals surface area contributed by atoms with Crippen LogP contribution in [0.2, 0.25) is 0 Å². The van der Waals surface area contributed by atoms with E-state index in [-0.39, 0.29) is 18.8 Å². The Morgan fingerprint density at radius 1 is 0.778 bits per heavy atom. The standard InChI is InChI=1S/C31H42N6O8/c1-5-17(4)25(37-29(42)22(12-16(2)3)36-31(44)45)26(39)30(43)35-23(15-24(32)38)28(41)34-21(27(33)40)14-18-10-11-19-8-6-7-9-20(19)13-18/h6-11,13,16-17,21-23,25,36H,5,12,14-15H2,1-4H3,(H2,32,38)(H2,33,40)(H,34,41)(H,35,43)(H,37,42)(H,44,45)/t17-,21?,22-,23?,25?/m0/s1. The zero-order valence-corrected chi connectivity index (χ0v) is 25.8. The molecule has 0 aromatic heterocycles. The van der Waals surface area contributed by atoms with E-state index in [0.29, 0.717) is 12.0 Å². The monoisotopic (exact) mass is 626 g/mol. The Morgan fingerprint density at radius 3 is 1.96 bits per heavy atom. The summed E-state index contributed by atoms with van der Waals surface area (Å²) < 4.78 is 0. The molecule has 9 N–H and O–H groups in total. The minimum atomic E-state index is -1.65. The molecule has 0 spiro atoms. The van der Waals surface area contributed by atoms with Gasteiger partial charge in [-0.1, -0.05) is 76.6 Å². The van der Waals surface area contributed by atoms with Crippen molar-refractivity contribution in [2.24, 2.45) is 23.3 Å². The van der Waals surface area contributed by atoms with Gasteiger partial charge in [0.2, 0.25) is 29.4 Å². The van der Waals surface area contributed by atoms with Gasteiger partial charge in [0.15, 0.2) is 0 Å². The molecule has 0 saturated carbocycles. The summed E-state index contributed by atoms with van der Waals surface area (Å²) >= 11 is 0. The minimum Gasteiger partial charge on any atom is -0.465 e. The average Bonchev–Trinajstić information content (AvgIpc) is 2.97. The number of Topliss-reactive ketones (excluding diaryl/α,β-unsaturated/α-hetero) is 1. The lowest BCUT2D eigenvalue weighted by atomic mass is 9.93. The van der Waals surface area contributed by atoms with E-state index in [4.69, 9.17) is 16.6 Å². The first-order chi connectivity index (χ1) is 21.1. The van der Waals surface area contributed by atoms with Crippen molar-refractivity contribution in [1.29, 1.82) is 0 Å². The highest BCUT2D eigenvalue weighted by Gasteiger charge is 2.36. The van der Waals surface area contributed by atoms with Crippen molar-refractivity contribution in [3.63, 3.8) is 0 Å². The van der Waals surface area contributed by atoms with Crippen LogP contribution in [-0.4, -0.2) is 70.7 Å². The summed E-state index contributed by atoms with van der Waals surface area (Å²) in [5.41, 5.74) is 11.5. The predicted octanol–water partition coefficient (Wildman–Crippen LogP) is 0.495. The third-order valence-corrected chi connectivity index (χ3v) is 7.28. The van der Waals surface area contributed by atoms with Gasteiger partial charge in [0.1, 0.15) is 18.1 Å². The van der Waals surface area contributed by atoms with Crippen LogP contribution in [0.4, 0.5) is 4.79 Å². The first-order valence-electron chi connectivity index (χ1n) is 14.6. The lowest BCUT2D eigenvalue weighted by molar-refractivity contribution is -0.143. The van der Waals surface area contributed by atoms with Crippen LogP contribution in [0.15, 0.2) is 42.5 Å². The molecule has 2 rings (SSSR count). The molecule has 6 amide bonds. The zero-order chi connectivity index (χ0) is 33.8. The lowest BCUT2D eigenvalue weighted by Crippen LogP contribution is -2.59. The number of nitrogens with two attached hydrogens (primary N) is 2. The van der Waals surface area contributed by atoms with Gasteiger partial charge in [-0.3, -0.25) is 28.8 Å². The van der Waals surface area contributed by atoms with Crippen molar-refractivity contribution >= 4 is 52.2 Å². The number of hydrogen-bond acceptors (Lipinski definition) is 7. The van der Waals surface area contributed by atoms with Gasteiger partial charge in [-0.05, 0) is 34.6 Å². The van der Waals surface area contributed by atoms with Crippen LogP contribution >= 0.6 is 0 Å². The number of hydrogen-bond donors (Lipinski definition) is 7. The topological polar surface area (TPSA) is 240 Å². The number of carbonyl (C=O) groups excluding carboxylic acids is 6. The van der Waals surface area contributed by atoms with Gasteiger partial charge in [0.25, 0.3) is 5.91 Å². The Bertz CT molecular complexity index is 1430. The van der Waals surface area contributed by atoms with Crippen molar-refractivity contribution in [1.82, 2.24) is 21.3 Å². The van der Waals surface area contributed by atoms with E-state index in [1.165, 1.54) is 0 Å². The highest BCUT2D eigenvalue weighted by molar-refractivity contribution is 6.39. The molecule has 2 aromatic rings. The molecule has 0 aliphatic heterocycles. The second-order valence-corrected chi connectivity index (χ2v) is 11.4. The Balaban J connectivity index is 2.22. The third-order valence-electron chi connectivity index (χ3n) is 7.28. The lowest BCUT2D eigenvalue weighted by Gasteiger charge is -2.27. The number of nitrogens with one attached hydrogen (secondary N) is 4. The average molecular weight is 627 g/mol. The van der Waals surface area contributed by atoms with Crippen LogP contribution in [0, 0.1) is 11.8 Å². The number of benzene rings is 2. The molecular formula is C31H42N6O8. The van der Waals surface area contributed by atoms with Crippen LogP contribution in [0.1, 0.15) is 52.5 Å². The highest BCUT2D eigenvalue weighted by atomic mass is 16.4. The van der Waals surface area contributed by atoms with Crippen LogP contribution in [0.25, 0.3) is 10.8 Å². The van der Waals surface area contributed by atoms with Crippen LogP contribution in [0.3, 0.4) is 0 Å². The second kappa shape index (κ2) is 16.7. The van der Waals surface area contributed by atoms with Gasteiger partial charge in [0.05, 0.1) is 12.5 Å². The number of fused-ring (bicyclic) bond motifs is 1. The zero-order valence-electron chi connectivity index (χ0n) is 25.8. The van der Waals surface area contributed by atoms with E-state index < -0.39 is 77.9 Å². The van der Waals surface area contributed by atoms with Crippen molar-refractivity contribution in [3.05, 3.63) is 48.0 Å². The van der Waals surface area contributed by atoms with Crippen LogP contribution in [0.5, 0.6) is 0 Å². The predicted molar refractivity (Wildman–Crippen MR) is 165 cm³/mol. The van der Waals surface area contributed by atoms with Gasteiger partial charge in [0, 0.05) is 6.42 Å². The van der Waals surface area contributed by atoms with Gasteiger partial charge in [-0.25, -0.2) is 4.79 Å². The van der Waals surface area contributed by atoms with Gasteiger partial charge < -0.3 is 37.8 Å². The molecule has 0 bridgehead atoms. The van der Waals surface area contributed by atoms with Crippen molar-refractivity contribution < 1.29 is 38.7 Å².